The van der Waals surface area contributed by atoms with Crippen LogP contribution in [0.4, 0.5) is 0 Å². The molecule has 4 rings (SSSR count). The number of aliphatic hydroxyl groups excluding tert-OH is 1. The summed E-state index contributed by atoms with van der Waals surface area (Å²) < 4.78 is 11.1. The van der Waals surface area contributed by atoms with Gasteiger partial charge in [0, 0.05) is 7.11 Å². The second-order valence-electron chi connectivity index (χ2n) is 8.56. The van der Waals surface area contributed by atoms with Crippen LogP contribution in [0.15, 0.2) is 24.0 Å². The molecule has 0 radical (unpaired) electrons. The van der Waals surface area contributed by atoms with Crippen LogP contribution in [0, 0.1) is 19.8 Å². The molecule has 30 heavy (non-hydrogen) atoms. The molecule has 1 aliphatic heterocycles. The maximum atomic E-state index is 13.7. The highest BCUT2D eigenvalue weighted by Gasteiger charge is 2.57. The second-order valence-corrected chi connectivity index (χ2v) is 8.56. The van der Waals surface area contributed by atoms with Crippen molar-refractivity contribution < 1.29 is 29.0 Å². The zero-order chi connectivity index (χ0) is 21.5. The Bertz CT molecular complexity index is 859. The van der Waals surface area contributed by atoms with E-state index in [-0.39, 0.29) is 24.6 Å². The van der Waals surface area contributed by atoms with E-state index in [1.165, 1.54) is 12.2 Å². The van der Waals surface area contributed by atoms with Crippen LogP contribution in [0.2, 0.25) is 0 Å². The number of rotatable bonds is 6. The largest absolute Gasteiger partial charge is 0.427 e. The van der Waals surface area contributed by atoms with Gasteiger partial charge in [-0.1, -0.05) is 18.2 Å². The average Bonchev–Trinajstić information content (AvgIpc) is 3.54. The fourth-order valence-corrected chi connectivity index (χ4v) is 4.59. The predicted octanol–water partition coefficient (Wildman–Crippen LogP) is 3.02. The number of aryl methyl sites for hydroxylation is 2. The highest BCUT2D eigenvalue weighted by atomic mass is 16.8. The highest BCUT2D eigenvalue weighted by Crippen LogP contribution is 2.50. The van der Waals surface area contributed by atoms with E-state index < -0.39 is 11.6 Å². The predicted molar refractivity (Wildman–Crippen MR) is 109 cm³/mol. The van der Waals surface area contributed by atoms with E-state index in [2.05, 4.69) is 0 Å². The molecule has 1 aromatic rings. The van der Waals surface area contributed by atoms with Gasteiger partial charge in [0.25, 0.3) is 5.91 Å². The lowest BCUT2D eigenvalue weighted by atomic mass is 9.78. The minimum absolute atomic E-state index is 0.0973. The Labute approximate surface area is 176 Å². The molecule has 1 heterocycles. The molecule has 162 valence electrons. The highest BCUT2D eigenvalue weighted by molar-refractivity contribution is 6.23. The molecule has 1 N–H and O–H groups in total. The van der Waals surface area contributed by atoms with Crippen molar-refractivity contribution >= 4 is 17.4 Å². The van der Waals surface area contributed by atoms with E-state index in [1.54, 1.807) is 0 Å². The maximum absolute atomic E-state index is 13.7. The van der Waals surface area contributed by atoms with Crippen molar-refractivity contribution in [2.45, 2.75) is 64.0 Å². The number of amides is 1. The van der Waals surface area contributed by atoms with Gasteiger partial charge in [0.1, 0.15) is 11.3 Å². The molecule has 3 aliphatic rings. The second kappa shape index (κ2) is 8.13. The molecule has 2 fully saturated rings. The van der Waals surface area contributed by atoms with Gasteiger partial charge in [-0.15, -0.1) is 0 Å². The molecule has 1 amide bonds. The SMILES string of the molecule is COCON1C(=O)C(c2c(C)cccc2C)=C(OC(=O)C2CC2)C12CCC(O)CC2. The summed E-state index contributed by atoms with van der Waals surface area (Å²) in [5.74, 6) is -0.364. The molecule has 1 spiro atoms. The Kier molecular flexibility index (Phi) is 5.70. The fraction of sp³-hybridized carbons (Fsp3) is 0.565. The Morgan fingerprint density at radius 3 is 2.37 bits per heavy atom. The Morgan fingerprint density at radius 2 is 1.80 bits per heavy atom. The number of aliphatic hydroxyl groups is 1. The Hall–Kier alpha value is -2.22. The first-order valence-electron chi connectivity index (χ1n) is 10.6. The number of esters is 1. The summed E-state index contributed by atoms with van der Waals surface area (Å²) in [6.07, 6.45) is 3.06. The number of hydrogen-bond acceptors (Lipinski definition) is 6. The summed E-state index contributed by atoms with van der Waals surface area (Å²) >= 11 is 0. The van der Waals surface area contributed by atoms with E-state index in [0.717, 1.165) is 29.5 Å². The first-order chi connectivity index (χ1) is 14.4. The number of benzene rings is 1. The molecule has 0 saturated heterocycles. The van der Waals surface area contributed by atoms with Crippen LogP contribution in [-0.2, 0) is 23.9 Å². The summed E-state index contributed by atoms with van der Waals surface area (Å²) in [5, 5.41) is 11.5. The van der Waals surface area contributed by atoms with Crippen LogP contribution in [0.1, 0.15) is 55.2 Å². The molecule has 2 saturated carbocycles. The van der Waals surface area contributed by atoms with Gasteiger partial charge in [0.05, 0.1) is 17.6 Å². The zero-order valence-electron chi connectivity index (χ0n) is 17.8. The van der Waals surface area contributed by atoms with Crippen molar-refractivity contribution in [3.8, 4) is 0 Å². The molecule has 7 nitrogen and oxygen atoms in total. The number of methoxy groups -OCH3 is 1. The third-order valence-electron chi connectivity index (χ3n) is 6.36. The summed E-state index contributed by atoms with van der Waals surface area (Å²) in [4.78, 5) is 32.2. The summed E-state index contributed by atoms with van der Waals surface area (Å²) in [7, 11) is 1.49. The van der Waals surface area contributed by atoms with E-state index >= 15 is 0 Å². The standard InChI is InChI=1S/C23H29NO6/c1-14-5-4-6-15(2)18(14)19-20(30-22(27)16-7-8-16)23(11-9-17(25)10-12-23)24(21(19)26)29-13-28-3/h4-6,16-17,25H,7-13H2,1-3H3. The van der Waals surface area contributed by atoms with Crippen LogP contribution in [0.5, 0.6) is 0 Å². The topological polar surface area (TPSA) is 85.3 Å². The molecule has 0 atom stereocenters. The van der Waals surface area contributed by atoms with Crippen molar-refractivity contribution in [2.24, 2.45) is 5.92 Å². The number of nitrogens with zero attached hydrogens (tertiary/aromatic N) is 1. The summed E-state index contributed by atoms with van der Waals surface area (Å²) in [6.45, 7) is 3.79. The van der Waals surface area contributed by atoms with Gasteiger partial charge in [-0.2, -0.15) is 0 Å². The number of hydrogen-bond donors (Lipinski definition) is 1. The van der Waals surface area contributed by atoms with Crippen molar-refractivity contribution in [2.75, 3.05) is 13.9 Å². The van der Waals surface area contributed by atoms with E-state index in [1.807, 2.05) is 32.0 Å². The van der Waals surface area contributed by atoms with Gasteiger partial charge < -0.3 is 14.6 Å². The lowest BCUT2D eigenvalue weighted by Crippen LogP contribution is -2.52. The smallest absolute Gasteiger partial charge is 0.314 e. The summed E-state index contributed by atoms with van der Waals surface area (Å²) in [6, 6.07) is 5.83. The average molecular weight is 415 g/mol. The van der Waals surface area contributed by atoms with Gasteiger partial charge in [-0.05, 0) is 69.1 Å². The number of hydroxylamine groups is 2. The van der Waals surface area contributed by atoms with Crippen molar-refractivity contribution in [3.63, 3.8) is 0 Å². The molecule has 1 aromatic carbocycles. The first-order valence-corrected chi connectivity index (χ1v) is 10.6. The number of ether oxygens (including phenoxy) is 2. The Balaban J connectivity index is 1.88. The number of carbonyl (C=O) groups excluding carboxylic acids is 2. The van der Waals surface area contributed by atoms with E-state index in [0.29, 0.717) is 37.0 Å². The van der Waals surface area contributed by atoms with Crippen LogP contribution in [0.3, 0.4) is 0 Å². The fourth-order valence-electron chi connectivity index (χ4n) is 4.59. The molecule has 2 aliphatic carbocycles. The van der Waals surface area contributed by atoms with Crippen LogP contribution in [0.25, 0.3) is 5.57 Å². The van der Waals surface area contributed by atoms with E-state index in [4.69, 9.17) is 14.3 Å². The number of carbonyl (C=O) groups is 2. The van der Waals surface area contributed by atoms with Gasteiger partial charge in [0.15, 0.2) is 6.79 Å². The molecular formula is C23H29NO6. The molecule has 0 unspecified atom stereocenters. The van der Waals surface area contributed by atoms with Crippen molar-refractivity contribution in [3.05, 3.63) is 40.6 Å². The van der Waals surface area contributed by atoms with Crippen LogP contribution < -0.4 is 0 Å². The molecule has 0 bridgehead atoms. The minimum Gasteiger partial charge on any atom is -0.427 e. The van der Waals surface area contributed by atoms with Crippen LogP contribution >= 0.6 is 0 Å². The van der Waals surface area contributed by atoms with Gasteiger partial charge in [-0.25, -0.2) is 9.90 Å². The summed E-state index contributed by atoms with van der Waals surface area (Å²) in [5.41, 5.74) is 2.08. The minimum atomic E-state index is -0.927. The zero-order valence-corrected chi connectivity index (χ0v) is 17.8. The molecular weight excluding hydrogens is 386 g/mol. The quantitative estimate of drug-likeness (QED) is 0.568. The lowest BCUT2D eigenvalue weighted by molar-refractivity contribution is -0.251. The van der Waals surface area contributed by atoms with E-state index in [9.17, 15) is 14.7 Å². The van der Waals surface area contributed by atoms with Gasteiger partial charge in [0.2, 0.25) is 0 Å². The van der Waals surface area contributed by atoms with Gasteiger partial charge >= 0.3 is 5.97 Å². The van der Waals surface area contributed by atoms with Crippen molar-refractivity contribution in [1.82, 2.24) is 5.06 Å². The third-order valence-corrected chi connectivity index (χ3v) is 6.36. The van der Waals surface area contributed by atoms with Crippen molar-refractivity contribution in [1.29, 1.82) is 0 Å². The monoisotopic (exact) mass is 415 g/mol. The lowest BCUT2D eigenvalue weighted by Gasteiger charge is -2.42. The normalized spacial score (nSPS) is 26.6. The third kappa shape index (κ3) is 3.55. The Morgan fingerprint density at radius 1 is 1.17 bits per heavy atom. The first kappa shape index (κ1) is 21.0. The van der Waals surface area contributed by atoms with Gasteiger partial charge in [-0.3, -0.25) is 9.59 Å². The van der Waals surface area contributed by atoms with Crippen LogP contribution in [-0.4, -0.2) is 47.6 Å². The molecule has 7 heteroatoms. The maximum Gasteiger partial charge on any atom is 0.314 e. The molecule has 0 aromatic heterocycles.